The van der Waals surface area contributed by atoms with E-state index in [4.69, 9.17) is 4.74 Å². The summed E-state index contributed by atoms with van der Waals surface area (Å²) in [5.74, 6) is 0.769. The van der Waals surface area contributed by atoms with Crippen molar-refractivity contribution in [1.82, 2.24) is 0 Å². The summed E-state index contributed by atoms with van der Waals surface area (Å²) in [7, 11) is 0. The van der Waals surface area contributed by atoms with Crippen LogP contribution in [-0.2, 0) is 0 Å². The van der Waals surface area contributed by atoms with Gasteiger partial charge in [0.1, 0.15) is 11.8 Å². The van der Waals surface area contributed by atoms with Crippen LogP contribution in [-0.4, -0.2) is 6.61 Å². The zero-order chi connectivity index (χ0) is 9.26. The van der Waals surface area contributed by atoms with Crippen LogP contribution in [0.4, 0.5) is 0 Å². The second-order valence-electron chi connectivity index (χ2n) is 2.94. The van der Waals surface area contributed by atoms with Crippen molar-refractivity contribution >= 4 is 15.9 Å². The summed E-state index contributed by atoms with van der Waals surface area (Å²) in [6.45, 7) is 0.569. The van der Waals surface area contributed by atoms with Gasteiger partial charge in [0.2, 0.25) is 0 Å². The topological polar surface area (TPSA) is 38.7 Å². The summed E-state index contributed by atoms with van der Waals surface area (Å²) < 4.78 is 6.36. The summed E-state index contributed by atoms with van der Waals surface area (Å²) in [5, 5.41) is 3.07. The van der Waals surface area contributed by atoms with Gasteiger partial charge in [0.25, 0.3) is 0 Å². The molecule has 1 aromatic rings. The van der Waals surface area contributed by atoms with Crippen molar-refractivity contribution in [3.05, 3.63) is 33.1 Å². The van der Waals surface area contributed by atoms with E-state index in [1.807, 2.05) is 18.2 Å². The molecule has 1 aromatic carbocycles. The van der Waals surface area contributed by atoms with Gasteiger partial charge in [0.05, 0.1) is 6.61 Å². The van der Waals surface area contributed by atoms with E-state index in [1.165, 1.54) is 0 Å². The van der Waals surface area contributed by atoms with E-state index >= 15 is 0 Å². The summed E-state index contributed by atoms with van der Waals surface area (Å²) in [5.41, 5.74) is 0.893. The molecule has 0 radical (unpaired) electrons. The van der Waals surface area contributed by atoms with Crippen molar-refractivity contribution in [2.45, 2.75) is 12.5 Å². The first kappa shape index (κ1) is 8.69. The Labute approximate surface area is 84.2 Å². The van der Waals surface area contributed by atoms with Crippen molar-refractivity contribution in [3.63, 3.8) is 0 Å². The molecule has 2 rings (SSSR count). The molecular weight excluding hydrogens is 234 g/mol. The van der Waals surface area contributed by atoms with Gasteiger partial charge < -0.3 is 4.74 Å². The third-order valence-corrected chi connectivity index (χ3v) is 2.60. The maximum absolute atomic E-state index is 10.5. The first-order valence-corrected chi connectivity index (χ1v) is 4.85. The van der Waals surface area contributed by atoms with E-state index in [0.717, 1.165) is 15.8 Å². The molecule has 0 saturated carbocycles. The van der Waals surface area contributed by atoms with Crippen LogP contribution in [0.1, 0.15) is 18.0 Å². The average Bonchev–Trinajstić information content (AvgIpc) is 2.16. The fourth-order valence-corrected chi connectivity index (χ4v) is 1.79. The molecule has 0 aliphatic carbocycles. The monoisotopic (exact) mass is 241 g/mol. The standard InChI is InChI=1S/C9H8BrNO2/c10-6-1-2-7-8(11-12)3-4-13-9(7)5-6/h1-2,5,8H,3-4H2. The normalized spacial score (nSPS) is 20.2. The zero-order valence-electron chi connectivity index (χ0n) is 6.87. The second kappa shape index (κ2) is 3.46. The molecule has 1 aliphatic rings. The third-order valence-electron chi connectivity index (χ3n) is 2.11. The van der Waals surface area contributed by atoms with Crippen molar-refractivity contribution in [1.29, 1.82) is 0 Å². The maximum Gasteiger partial charge on any atom is 0.125 e. The third kappa shape index (κ3) is 1.58. The quantitative estimate of drug-likeness (QED) is 0.710. The Morgan fingerprint density at radius 1 is 1.54 bits per heavy atom. The van der Waals surface area contributed by atoms with E-state index in [0.29, 0.717) is 13.0 Å². The average molecular weight is 242 g/mol. The number of nitrogens with zero attached hydrogens (tertiary/aromatic N) is 1. The van der Waals surface area contributed by atoms with Crippen LogP contribution in [0.3, 0.4) is 0 Å². The molecule has 1 atom stereocenters. The molecule has 3 nitrogen and oxygen atoms in total. The van der Waals surface area contributed by atoms with Crippen molar-refractivity contribution in [3.8, 4) is 5.75 Å². The molecule has 0 amide bonds. The van der Waals surface area contributed by atoms with Gasteiger partial charge >= 0.3 is 0 Å². The number of hydrogen-bond donors (Lipinski definition) is 0. The highest BCUT2D eigenvalue weighted by Gasteiger charge is 2.21. The smallest absolute Gasteiger partial charge is 0.125 e. The SMILES string of the molecule is O=NC1CCOc2cc(Br)ccc21. The lowest BCUT2D eigenvalue weighted by Gasteiger charge is -2.20. The van der Waals surface area contributed by atoms with E-state index in [2.05, 4.69) is 21.1 Å². The van der Waals surface area contributed by atoms with E-state index in [1.54, 1.807) is 0 Å². The van der Waals surface area contributed by atoms with Crippen molar-refractivity contribution < 1.29 is 4.74 Å². The van der Waals surface area contributed by atoms with Gasteiger partial charge in [-0.2, -0.15) is 4.91 Å². The number of fused-ring (bicyclic) bond motifs is 1. The predicted octanol–water partition coefficient (Wildman–Crippen LogP) is 3.04. The fourth-order valence-electron chi connectivity index (χ4n) is 1.45. The molecule has 0 N–H and O–H groups in total. The number of halogens is 1. The molecule has 68 valence electrons. The Kier molecular flexibility index (Phi) is 2.31. The summed E-state index contributed by atoms with van der Waals surface area (Å²) in [6.07, 6.45) is 0.679. The van der Waals surface area contributed by atoms with Crippen molar-refractivity contribution in [2.24, 2.45) is 5.18 Å². The molecule has 0 fully saturated rings. The summed E-state index contributed by atoms with van der Waals surface area (Å²) in [4.78, 5) is 10.5. The molecule has 1 heterocycles. The lowest BCUT2D eigenvalue weighted by molar-refractivity contribution is 0.269. The van der Waals surface area contributed by atoms with Gasteiger partial charge in [0.15, 0.2) is 0 Å². The molecule has 4 heteroatoms. The number of hydrogen-bond acceptors (Lipinski definition) is 3. The van der Waals surface area contributed by atoms with Gasteiger partial charge in [-0.25, -0.2) is 0 Å². The number of benzene rings is 1. The Hall–Kier alpha value is -0.900. The second-order valence-corrected chi connectivity index (χ2v) is 3.86. The Morgan fingerprint density at radius 3 is 3.15 bits per heavy atom. The van der Waals surface area contributed by atoms with E-state index in [9.17, 15) is 4.91 Å². The van der Waals surface area contributed by atoms with Crippen LogP contribution in [0.25, 0.3) is 0 Å². The molecule has 13 heavy (non-hydrogen) atoms. The molecule has 0 aromatic heterocycles. The molecule has 0 saturated heterocycles. The van der Waals surface area contributed by atoms with Crippen LogP contribution in [0.5, 0.6) is 5.75 Å². The minimum atomic E-state index is -0.239. The Balaban J connectivity index is 2.45. The van der Waals surface area contributed by atoms with Crippen LogP contribution in [0.15, 0.2) is 27.8 Å². The van der Waals surface area contributed by atoms with Gasteiger partial charge in [-0.05, 0) is 12.1 Å². The highest BCUT2D eigenvalue weighted by atomic mass is 79.9. The predicted molar refractivity (Wildman–Crippen MR) is 52.8 cm³/mol. The van der Waals surface area contributed by atoms with Crippen LogP contribution < -0.4 is 4.74 Å². The lowest BCUT2D eigenvalue weighted by atomic mass is 10.0. The van der Waals surface area contributed by atoms with E-state index < -0.39 is 0 Å². The van der Waals surface area contributed by atoms with Gasteiger partial charge in [-0.15, -0.1) is 0 Å². The van der Waals surface area contributed by atoms with E-state index in [-0.39, 0.29) is 6.04 Å². The largest absolute Gasteiger partial charge is 0.493 e. The minimum absolute atomic E-state index is 0.239. The highest BCUT2D eigenvalue weighted by molar-refractivity contribution is 9.10. The van der Waals surface area contributed by atoms with Crippen molar-refractivity contribution in [2.75, 3.05) is 6.61 Å². The van der Waals surface area contributed by atoms with Crippen LogP contribution >= 0.6 is 15.9 Å². The molecule has 1 aliphatic heterocycles. The Morgan fingerprint density at radius 2 is 2.38 bits per heavy atom. The van der Waals surface area contributed by atoms with Gasteiger partial charge in [-0.1, -0.05) is 27.2 Å². The molecule has 0 spiro atoms. The van der Waals surface area contributed by atoms with Crippen LogP contribution in [0, 0.1) is 4.91 Å². The lowest BCUT2D eigenvalue weighted by Crippen LogP contribution is -2.12. The molecule has 0 bridgehead atoms. The maximum atomic E-state index is 10.5. The highest BCUT2D eigenvalue weighted by Crippen LogP contribution is 2.35. The zero-order valence-corrected chi connectivity index (χ0v) is 8.45. The number of ether oxygens (including phenoxy) is 1. The Bertz CT molecular complexity index is 340. The first-order chi connectivity index (χ1) is 6.31. The minimum Gasteiger partial charge on any atom is -0.493 e. The molecule has 1 unspecified atom stereocenters. The number of rotatable bonds is 1. The summed E-state index contributed by atoms with van der Waals surface area (Å²) in [6, 6.07) is 5.40. The first-order valence-electron chi connectivity index (χ1n) is 4.06. The summed E-state index contributed by atoms with van der Waals surface area (Å²) >= 11 is 3.34. The van der Waals surface area contributed by atoms with Gasteiger partial charge in [0, 0.05) is 16.5 Å². The molecular formula is C9H8BrNO2. The van der Waals surface area contributed by atoms with Gasteiger partial charge in [-0.3, -0.25) is 0 Å². The fraction of sp³-hybridized carbons (Fsp3) is 0.333. The van der Waals surface area contributed by atoms with Crippen LogP contribution in [0.2, 0.25) is 0 Å². The number of nitroso groups, excluding NO2 is 1.